The van der Waals surface area contributed by atoms with E-state index in [1.54, 1.807) is 12.1 Å². The van der Waals surface area contributed by atoms with Gasteiger partial charge in [0.25, 0.3) is 0 Å². The van der Waals surface area contributed by atoms with E-state index < -0.39 is 5.60 Å². The largest absolute Gasteiger partial charge is 0.450 e. The Bertz CT molecular complexity index is 1060. The number of likely N-dealkylation sites (tertiary alicyclic amines) is 1. The van der Waals surface area contributed by atoms with Crippen LogP contribution in [0, 0.1) is 5.82 Å². The smallest absolute Gasteiger partial charge is 0.339 e. The molecule has 0 spiro atoms. The monoisotopic (exact) mass is 445 g/mol. The van der Waals surface area contributed by atoms with Crippen molar-refractivity contribution in [2.45, 2.75) is 31.3 Å². The number of benzene rings is 3. The van der Waals surface area contributed by atoms with Gasteiger partial charge in [-0.15, -0.1) is 0 Å². The number of piperidine rings is 1. The first kappa shape index (κ1) is 22.9. The zero-order chi connectivity index (χ0) is 23.1. The van der Waals surface area contributed by atoms with Crippen molar-refractivity contribution in [1.82, 2.24) is 4.90 Å². The van der Waals surface area contributed by atoms with Gasteiger partial charge < -0.3 is 9.64 Å². The molecular weight excluding hydrogens is 417 g/mol. The molecule has 1 aliphatic heterocycles. The first-order chi connectivity index (χ1) is 16.1. The number of nitrogens with zero attached hydrogens (tertiary/aromatic N) is 1. The highest BCUT2D eigenvalue weighted by molar-refractivity contribution is 5.96. The number of rotatable bonds is 8. The Labute approximate surface area is 194 Å². The van der Waals surface area contributed by atoms with Crippen molar-refractivity contribution < 1.29 is 18.7 Å². The van der Waals surface area contributed by atoms with E-state index in [1.807, 2.05) is 48.5 Å². The highest BCUT2D eigenvalue weighted by Crippen LogP contribution is 2.37. The first-order valence-electron chi connectivity index (χ1n) is 11.4. The molecule has 3 aromatic carbocycles. The van der Waals surface area contributed by atoms with Gasteiger partial charge in [-0.25, -0.2) is 9.18 Å². The van der Waals surface area contributed by atoms with Crippen LogP contribution in [0.1, 0.15) is 52.0 Å². The molecule has 0 saturated carbocycles. The summed E-state index contributed by atoms with van der Waals surface area (Å²) in [5, 5.41) is 0. The lowest BCUT2D eigenvalue weighted by Gasteiger charge is -2.41. The molecule has 4 rings (SSSR count). The molecule has 3 aromatic rings. The number of hydrogen-bond acceptors (Lipinski definition) is 4. The number of hydrogen-bond donors (Lipinski definition) is 0. The van der Waals surface area contributed by atoms with Crippen LogP contribution in [0.25, 0.3) is 0 Å². The van der Waals surface area contributed by atoms with Crippen LogP contribution in [-0.4, -0.2) is 36.3 Å². The van der Waals surface area contributed by atoms with Gasteiger partial charge in [0.15, 0.2) is 5.78 Å². The maximum absolute atomic E-state index is 13.1. The molecule has 0 unspecified atom stereocenters. The lowest BCUT2D eigenvalue weighted by molar-refractivity contribution is -0.0556. The molecule has 1 aliphatic rings. The number of Topliss-reactive ketones (excluding diaryl/α,β-unsaturated/α-hetero) is 1. The average Bonchev–Trinajstić information content (AvgIpc) is 2.86. The molecule has 0 atom stereocenters. The van der Waals surface area contributed by atoms with E-state index in [2.05, 4.69) is 4.90 Å². The van der Waals surface area contributed by atoms with Crippen LogP contribution < -0.4 is 0 Å². The van der Waals surface area contributed by atoms with E-state index in [1.165, 1.54) is 24.3 Å². The third kappa shape index (κ3) is 5.74. The van der Waals surface area contributed by atoms with E-state index in [0.29, 0.717) is 30.4 Å². The van der Waals surface area contributed by atoms with Crippen molar-refractivity contribution in [2.75, 3.05) is 19.6 Å². The van der Waals surface area contributed by atoms with Gasteiger partial charge in [-0.1, -0.05) is 48.5 Å². The second kappa shape index (κ2) is 10.5. The number of esters is 1. The van der Waals surface area contributed by atoms with Crippen LogP contribution in [0.15, 0.2) is 84.9 Å². The standard InChI is InChI=1S/C28H28FNO3/c29-25-15-13-22(14-16-25)26(31)12-7-19-30-20-17-28(18-21-30,24-10-5-2-6-11-24)33-27(32)23-8-3-1-4-9-23/h1-6,8-11,13-16H,7,12,17-21H2. The van der Waals surface area contributed by atoms with E-state index in [0.717, 1.165) is 31.6 Å². The molecule has 170 valence electrons. The lowest BCUT2D eigenvalue weighted by atomic mass is 9.84. The summed E-state index contributed by atoms with van der Waals surface area (Å²) in [5.74, 6) is -0.616. The number of ketones is 1. The first-order valence-corrected chi connectivity index (χ1v) is 11.4. The second-order valence-corrected chi connectivity index (χ2v) is 8.49. The predicted octanol–water partition coefficient (Wildman–Crippen LogP) is 5.64. The predicted molar refractivity (Wildman–Crippen MR) is 126 cm³/mol. The van der Waals surface area contributed by atoms with Gasteiger partial charge in [-0.05, 0) is 54.9 Å². The summed E-state index contributed by atoms with van der Waals surface area (Å²) in [6.45, 7) is 2.36. The van der Waals surface area contributed by atoms with Crippen LogP contribution >= 0.6 is 0 Å². The molecule has 0 amide bonds. The van der Waals surface area contributed by atoms with E-state index in [4.69, 9.17) is 4.74 Å². The quantitative estimate of drug-likeness (QED) is 0.333. The SMILES string of the molecule is O=C(CCCN1CCC(OC(=O)c2ccccc2)(c2ccccc2)CC1)c1ccc(F)cc1. The summed E-state index contributed by atoms with van der Waals surface area (Å²) in [4.78, 5) is 27.5. The summed E-state index contributed by atoms with van der Waals surface area (Å²) >= 11 is 0. The van der Waals surface area contributed by atoms with E-state index in [9.17, 15) is 14.0 Å². The maximum atomic E-state index is 13.1. The molecule has 1 fully saturated rings. The fraction of sp³-hybridized carbons (Fsp3) is 0.286. The van der Waals surface area contributed by atoms with Crippen LogP contribution in [0.2, 0.25) is 0 Å². The topological polar surface area (TPSA) is 46.6 Å². The molecular formula is C28H28FNO3. The van der Waals surface area contributed by atoms with Crippen molar-refractivity contribution >= 4 is 11.8 Å². The molecule has 1 saturated heterocycles. The Morgan fingerprint density at radius 3 is 2.06 bits per heavy atom. The number of carbonyl (C=O) groups excluding carboxylic acids is 2. The van der Waals surface area contributed by atoms with Crippen LogP contribution in [0.4, 0.5) is 4.39 Å². The van der Waals surface area contributed by atoms with Gasteiger partial charge in [0.05, 0.1) is 5.56 Å². The molecule has 33 heavy (non-hydrogen) atoms. The number of ether oxygens (including phenoxy) is 1. The Kier molecular flexibility index (Phi) is 7.30. The Balaban J connectivity index is 1.36. The molecule has 4 nitrogen and oxygen atoms in total. The van der Waals surface area contributed by atoms with Gasteiger partial charge in [0.1, 0.15) is 11.4 Å². The van der Waals surface area contributed by atoms with Crippen LogP contribution in [0.5, 0.6) is 0 Å². The van der Waals surface area contributed by atoms with Crippen molar-refractivity contribution in [1.29, 1.82) is 0 Å². The summed E-state index contributed by atoms with van der Waals surface area (Å²) in [6.07, 6.45) is 2.55. The van der Waals surface area contributed by atoms with Gasteiger partial charge in [-0.2, -0.15) is 0 Å². The minimum Gasteiger partial charge on any atom is -0.450 e. The Hall–Kier alpha value is -3.31. The molecule has 5 heteroatoms. The normalized spacial score (nSPS) is 15.7. The summed E-state index contributed by atoms with van der Waals surface area (Å²) < 4.78 is 19.2. The van der Waals surface area contributed by atoms with Crippen LogP contribution in [0.3, 0.4) is 0 Å². The van der Waals surface area contributed by atoms with Crippen molar-refractivity contribution in [2.24, 2.45) is 0 Å². The Morgan fingerprint density at radius 1 is 0.818 bits per heavy atom. The fourth-order valence-corrected chi connectivity index (χ4v) is 4.38. The zero-order valence-electron chi connectivity index (χ0n) is 18.6. The average molecular weight is 446 g/mol. The molecule has 0 aliphatic carbocycles. The van der Waals surface area contributed by atoms with Gasteiger partial charge >= 0.3 is 5.97 Å². The van der Waals surface area contributed by atoms with Crippen molar-refractivity contribution in [3.8, 4) is 0 Å². The highest BCUT2D eigenvalue weighted by Gasteiger charge is 2.40. The summed E-state index contributed by atoms with van der Waals surface area (Å²) in [6, 6.07) is 24.8. The van der Waals surface area contributed by atoms with Crippen molar-refractivity contribution in [3.63, 3.8) is 0 Å². The number of halogens is 1. The molecule has 1 heterocycles. The lowest BCUT2D eigenvalue weighted by Crippen LogP contribution is -2.45. The molecule has 0 bridgehead atoms. The van der Waals surface area contributed by atoms with E-state index in [-0.39, 0.29) is 17.6 Å². The van der Waals surface area contributed by atoms with Gasteiger partial charge in [0.2, 0.25) is 0 Å². The Morgan fingerprint density at radius 2 is 1.42 bits per heavy atom. The fourth-order valence-electron chi connectivity index (χ4n) is 4.38. The zero-order valence-corrected chi connectivity index (χ0v) is 18.6. The third-order valence-corrected chi connectivity index (χ3v) is 6.31. The molecule has 0 aromatic heterocycles. The minimum atomic E-state index is -0.658. The van der Waals surface area contributed by atoms with Gasteiger partial charge in [-0.3, -0.25) is 4.79 Å². The minimum absolute atomic E-state index is 0.0300. The maximum Gasteiger partial charge on any atom is 0.339 e. The number of carbonyl (C=O) groups is 2. The summed E-state index contributed by atoms with van der Waals surface area (Å²) in [5.41, 5.74) is 1.45. The molecule has 0 N–H and O–H groups in total. The second-order valence-electron chi connectivity index (χ2n) is 8.49. The van der Waals surface area contributed by atoms with Gasteiger partial charge in [0, 0.05) is 37.9 Å². The third-order valence-electron chi connectivity index (χ3n) is 6.31. The molecule has 0 radical (unpaired) electrons. The van der Waals surface area contributed by atoms with Crippen molar-refractivity contribution in [3.05, 3.63) is 107 Å². The van der Waals surface area contributed by atoms with E-state index >= 15 is 0 Å². The summed E-state index contributed by atoms with van der Waals surface area (Å²) in [7, 11) is 0. The van der Waals surface area contributed by atoms with Crippen LogP contribution in [-0.2, 0) is 10.3 Å². The highest BCUT2D eigenvalue weighted by atomic mass is 19.1.